The number of aromatic carboxylic acids is 2. The van der Waals surface area contributed by atoms with Crippen molar-refractivity contribution in [1.82, 2.24) is 0 Å². The molecule has 0 atom stereocenters. The lowest BCUT2D eigenvalue weighted by Crippen LogP contribution is -2.16. The third-order valence-electron chi connectivity index (χ3n) is 3.94. The highest BCUT2D eigenvalue weighted by Gasteiger charge is 2.22. The molecule has 0 saturated carbocycles. The first-order chi connectivity index (χ1) is 16.5. The Kier molecular flexibility index (Phi) is 16.7. The Balaban J connectivity index is 2.58. The minimum atomic E-state index is -1.32. The number of carboxylic acids is 2. The number of rotatable bonds is 22. The molecular weight excluding hydrogens is 464 g/mol. The molecule has 0 radical (unpaired) electrons. The van der Waals surface area contributed by atoms with Gasteiger partial charge in [-0.1, -0.05) is 6.07 Å². The Labute approximate surface area is 195 Å². The third kappa shape index (κ3) is 12.3. The maximum atomic E-state index is 11.9. The first-order valence-electron chi connectivity index (χ1n) is 9.97. The average Bonchev–Trinajstić information content (AvgIpc) is 2.81. The second-order valence-electron chi connectivity index (χ2n) is 6.20. The normalized spacial score (nSPS) is 11.1. The van der Waals surface area contributed by atoms with Crippen LogP contribution in [0.1, 0.15) is 31.8 Å². The molecule has 1 rings (SSSR count). The van der Waals surface area contributed by atoms with Crippen LogP contribution in [0.3, 0.4) is 0 Å². The summed E-state index contributed by atoms with van der Waals surface area (Å²) in [4.78, 5) is 23.5. The first kappa shape index (κ1) is 29.8. The van der Waals surface area contributed by atoms with Gasteiger partial charge in [0, 0.05) is 5.56 Å². The minimum Gasteiger partial charge on any atom is -0.478 e. The Morgan fingerprint density at radius 2 is 1.12 bits per heavy atom. The van der Waals surface area contributed by atoms with Gasteiger partial charge in [0.1, 0.15) is 27.2 Å². The van der Waals surface area contributed by atoms with Gasteiger partial charge in [0.2, 0.25) is 0 Å². The van der Waals surface area contributed by atoms with E-state index in [0.29, 0.717) is 0 Å². The third-order valence-corrected chi connectivity index (χ3v) is 3.94. The maximum absolute atomic E-state index is 11.9. The Hall–Kier alpha value is -2.24. The number of hydrogen-bond donors (Lipinski definition) is 4. The number of hydrogen-bond acceptors (Lipinski definition) is 12. The van der Waals surface area contributed by atoms with Crippen molar-refractivity contribution >= 4 is 11.9 Å². The Morgan fingerprint density at radius 3 is 1.62 bits per heavy atom. The highest BCUT2D eigenvalue weighted by molar-refractivity contribution is 5.97. The molecule has 0 fully saturated rings. The van der Waals surface area contributed by atoms with Gasteiger partial charge < -0.3 is 58.3 Å². The van der Waals surface area contributed by atoms with Gasteiger partial charge in [0.25, 0.3) is 0 Å². The second-order valence-corrected chi connectivity index (χ2v) is 6.20. The molecule has 0 spiro atoms. The first-order valence-corrected chi connectivity index (χ1v) is 9.97. The quantitative estimate of drug-likeness (QED) is 0.124. The van der Waals surface area contributed by atoms with Crippen molar-refractivity contribution in [2.45, 2.75) is 13.2 Å². The number of benzene rings is 1. The van der Waals surface area contributed by atoms with Crippen molar-refractivity contribution in [3.63, 3.8) is 0 Å². The van der Waals surface area contributed by atoms with Crippen LogP contribution in [0.4, 0.5) is 0 Å². The lowest BCUT2D eigenvalue weighted by Gasteiger charge is -2.15. The zero-order valence-corrected chi connectivity index (χ0v) is 18.5. The lowest BCUT2D eigenvalue weighted by atomic mass is 9.96. The number of carboxylic acid groups (broad SMARTS) is 2. The van der Waals surface area contributed by atoms with Gasteiger partial charge in [-0.25, -0.2) is 9.59 Å². The summed E-state index contributed by atoms with van der Waals surface area (Å²) in [6.07, 6.45) is 0. The average molecular weight is 494 g/mol. The fourth-order valence-electron chi connectivity index (χ4n) is 2.52. The molecule has 14 nitrogen and oxygen atoms in total. The van der Waals surface area contributed by atoms with E-state index in [0.717, 1.165) is 0 Å². The molecule has 1 aromatic carbocycles. The standard InChI is InChI=1S/C20H30O14/c21-9-31-13-33-11-29-5-3-27-7-15-1-2-16(19(23)24)17(18(15)20(25)26)8-28-4-6-30-12-34-14-32-10-22/h1-2,21-22H,3-14H2,(H,23,24)(H,25,26). The molecule has 1 aromatic rings. The number of carbonyl (C=O) groups is 2. The highest BCUT2D eigenvalue weighted by Crippen LogP contribution is 2.22. The molecule has 0 aliphatic carbocycles. The van der Waals surface area contributed by atoms with Gasteiger partial charge in [-0.05, 0) is 11.6 Å². The lowest BCUT2D eigenvalue weighted by molar-refractivity contribution is -0.161. The summed E-state index contributed by atoms with van der Waals surface area (Å²) >= 11 is 0. The van der Waals surface area contributed by atoms with Crippen molar-refractivity contribution in [3.8, 4) is 0 Å². The van der Waals surface area contributed by atoms with Crippen LogP contribution in [0.2, 0.25) is 0 Å². The van der Waals surface area contributed by atoms with Gasteiger partial charge in [-0.3, -0.25) is 0 Å². The van der Waals surface area contributed by atoms with E-state index >= 15 is 0 Å². The summed E-state index contributed by atoms with van der Waals surface area (Å²) in [5.74, 6) is -2.61. The van der Waals surface area contributed by atoms with Crippen LogP contribution in [0, 0.1) is 0 Å². The zero-order chi connectivity index (χ0) is 25.0. The SMILES string of the molecule is O=C(O)c1ccc(COCCOCOCOCO)c(C(=O)O)c1COCCOCOCOCO. The predicted octanol–water partition coefficient (Wildman–Crippen LogP) is -0.0546. The van der Waals surface area contributed by atoms with Crippen molar-refractivity contribution in [2.75, 3.05) is 67.2 Å². The van der Waals surface area contributed by atoms with Crippen molar-refractivity contribution in [2.24, 2.45) is 0 Å². The van der Waals surface area contributed by atoms with Gasteiger partial charge in [-0.2, -0.15) is 0 Å². The van der Waals surface area contributed by atoms with Gasteiger partial charge in [0.05, 0.1) is 50.8 Å². The molecule has 0 amide bonds. The summed E-state index contributed by atoms with van der Waals surface area (Å²) in [7, 11) is 0. The minimum absolute atomic E-state index is 0.00206. The number of aliphatic hydroxyl groups is 2. The van der Waals surface area contributed by atoms with E-state index in [9.17, 15) is 19.8 Å². The number of ether oxygens (including phenoxy) is 8. The summed E-state index contributed by atoms with van der Waals surface area (Å²) in [5.41, 5.74) is -0.132. The van der Waals surface area contributed by atoms with E-state index in [1.165, 1.54) is 12.1 Å². The van der Waals surface area contributed by atoms with E-state index in [4.69, 9.17) is 38.6 Å². The van der Waals surface area contributed by atoms with E-state index < -0.39 is 25.5 Å². The largest absolute Gasteiger partial charge is 0.478 e. The summed E-state index contributed by atoms with van der Waals surface area (Å²) < 4.78 is 39.9. The van der Waals surface area contributed by atoms with E-state index in [2.05, 4.69) is 9.47 Å². The smallest absolute Gasteiger partial charge is 0.336 e. The Bertz CT molecular complexity index is 711. The Morgan fingerprint density at radius 1 is 0.618 bits per heavy atom. The van der Waals surface area contributed by atoms with Crippen LogP contribution < -0.4 is 0 Å². The van der Waals surface area contributed by atoms with Crippen LogP contribution in [0.15, 0.2) is 12.1 Å². The molecule has 0 aromatic heterocycles. The van der Waals surface area contributed by atoms with E-state index in [1.54, 1.807) is 0 Å². The zero-order valence-electron chi connectivity index (χ0n) is 18.5. The molecule has 0 bridgehead atoms. The van der Waals surface area contributed by atoms with Gasteiger partial charge >= 0.3 is 11.9 Å². The molecule has 34 heavy (non-hydrogen) atoms. The molecule has 0 unspecified atom stereocenters. The molecular formula is C20H30O14. The highest BCUT2D eigenvalue weighted by atomic mass is 16.8. The molecule has 0 heterocycles. The van der Waals surface area contributed by atoms with Crippen molar-refractivity contribution in [3.05, 3.63) is 34.4 Å². The molecule has 0 aliphatic heterocycles. The van der Waals surface area contributed by atoms with E-state index in [-0.39, 0.29) is 89.1 Å². The topological polar surface area (TPSA) is 189 Å². The summed E-state index contributed by atoms with van der Waals surface area (Å²) in [6.45, 7) is -1.34. The van der Waals surface area contributed by atoms with Crippen LogP contribution in [-0.4, -0.2) is 99.5 Å². The molecule has 194 valence electrons. The summed E-state index contributed by atoms with van der Waals surface area (Å²) in [5, 5.41) is 36.0. The summed E-state index contributed by atoms with van der Waals surface area (Å²) in [6, 6.07) is 2.67. The van der Waals surface area contributed by atoms with Crippen LogP contribution in [0.5, 0.6) is 0 Å². The molecule has 4 N–H and O–H groups in total. The fraction of sp³-hybridized carbons (Fsp3) is 0.600. The van der Waals surface area contributed by atoms with Crippen molar-refractivity contribution < 1.29 is 67.9 Å². The predicted molar refractivity (Wildman–Crippen MR) is 110 cm³/mol. The van der Waals surface area contributed by atoms with Crippen LogP contribution >= 0.6 is 0 Å². The monoisotopic (exact) mass is 494 g/mol. The van der Waals surface area contributed by atoms with Gasteiger partial charge in [0.15, 0.2) is 13.6 Å². The molecule has 14 heteroatoms. The van der Waals surface area contributed by atoms with Crippen molar-refractivity contribution in [1.29, 1.82) is 0 Å². The second kappa shape index (κ2) is 19.1. The van der Waals surface area contributed by atoms with Crippen LogP contribution in [0.25, 0.3) is 0 Å². The maximum Gasteiger partial charge on any atom is 0.336 e. The number of aliphatic hydroxyl groups excluding tert-OH is 2. The molecule has 0 aliphatic rings. The van der Waals surface area contributed by atoms with Crippen LogP contribution in [-0.2, 0) is 51.1 Å². The molecule has 0 saturated heterocycles. The van der Waals surface area contributed by atoms with Gasteiger partial charge in [-0.15, -0.1) is 0 Å². The fourth-order valence-corrected chi connectivity index (χ4v) is 2.52. The van der Waals surface area contributed by atoms with E-state index in [1.807, 2.05) is 0 Å².